The van der Waals surface area contributed by atoms with Gasteiger partial charge in [0.15, 0.2) is 6.10 Å². The van der Waals surface area contributed by atoms with Gasteiger partial charge in [-0.05, 0) is 57.8 Å². The van der Waals surface area contributed by atoms with Gasteiger partial charge in [0, 0.05) is 19.3 Å². The summed E-state index contributed by atoms with van der Waals surface area (Å²) in [6, 6.07) is -0.734. The Kier molecular flexibility index (Phi) is 34.9. The molecular formula is C46H79NO7. The number of carboxylic acid groups (broad SMARTS) is 1. The van der Waals surface area contributed by atoms with Gasteiger partial charge in [-0.3, -0.25) is 9.59 Å². The van der Waals surface area contributed by atoms with E-state index < -0.39 is 24.1 Å². The molecule has 0 fully saturated rings. The largest absolute Gasteiger partial charge is 0.544 e. The highest BCUT2D eigenvalue weighted by Crippen LogP contribution is 2.14. The van der Waals surface area contributed by atoms with Crippen LogP contribution < -0.4 is 5.11 Å². The Balaban J connectivity index is 4.13. The van der Waals surface area contributed by atoms with Gasteiger partial charge in [0.05, 0.1) is 40.3 Å². The van der Waals surface area contributed by atoms with Crippen LogP contribution in [0.15, 0.2) is 60.8 Å². The first-order valence-electron chi connectivity index (χ1n) is 21.3. The van der Waals surface area contributed by atoms with E-state index >= 15 is 0 Å². The highest BCUT2D eigenvalue weighted by Gasteiger charge is 2.25. The number of aliphatic carboxylic acids is 1. The van der Waals surface area contributed by atoms with Gasteiger partial charge >= 0.3 is 11.9 Å². The molecule has 0 aromatic rings. The molecule has 0 aliphatic heterocycles. The van der Waals surface area contributed by atoms with E-state index in [1.54, 1.807) is 21.1 Å². The SMILES string of the molecule is CC/C=C/C/C=C/C/C=C/CCCCCCCCCCCCCCCC(=O)OCC(COCCC(C(=O)[O-])[N+](C)(C)C)OC(=O)CC/C=C/C/C=C/CC. The summed E-state index contributed by atoms with van der Waals surface area (Å²) < 4.78 is 17.0. The lowest BCUT2D eigenvalue weighted by Gasteiger charge is -2.34. The minimum atomic E-state index is -1.14. The maximum atomic E-state index is 12.5. The number of quaternary nitrogens is 1. The molecule has 0 radical (unpaired) electrons. The van der Waals surface area contributed by atoms with Crippen molar-refractivity contribution in [1.29, 1.82) is 0 Å². The Hall–Kier alpha value is -2.97. The van der Waals surface area contributed by atoms with Crippen molar-refractivity contribution >= 4 is 17.9 Å². The fraction of sp³-hybridized carbons (Fsp3) is 0.717. The third kappa shape index (κ3) is 34.8. The molecule has 0 aliphatic carbocycles. The number of hydrogen-bond donors (Lipinski definition) is 0. The van der Waals surface area contributed by atoms with Crippen LogP contribution in [0.1, 0.15) is 162 Å². The molecule has 0 amide bonds. The molecule has 0 aromatic carbocycles. The molecule has 0 N–H and O–H groups in total. The topological polar surface area (TPSA) is 102 Å². The van der Waals surface area contributed by atoms with E-state index in [9.17, 15) is 19.5 Å². The van der Waals surface area contributed by atoms with Crippen LogP contribution in [0.5, 0.6) is 0 Å². The van der Waals surface area contributed by atoms with Gasteiger partial charge in [-0.15, -0.1) is 0 Å². The molecule has 2 atom stereocenters. The summed E-state index contributed by atoms with van der Waals surface area (Å²) in [4.78, 5) is 36.6. The third-order valence-corrected chi connectivity index (χ3v) is 9.16. The van der Waals surface area contributed by atoms with Crippen molar-refractivity contribution in [1.82, 2.24) is 0 Å². The molecule has 0 aromatic heterocycles. The molecule has 310 valence electrons. The van der Waals surface area contributed by atoms with Gasteiger partial charge in [0.1, 0.15) is 12.6 Å². The van der Waals surface area contributed by atoms with Crippen molar-refractivity contribution in [3.05, 3.63) is 60.8 Å². The van der Waals surface area contributed by atoms with Crippen molar-refractivity contribution in [3.63, 3.8) is 0 Å². The lowest BCUT2D eigenvalue weighted by atomic mass is 10.0. The number of rotatable bonds is 37. The van der Waals surface area contributed by atoms with Crippen LogP contribution in [-0.2, 0) is 28.6 Å². The highest BCUT2D eigenvalue weighted by molar-refractivity contribution is 5.70. The first-order valence-corrected chi connectivity index (χ1v) is 21.3. The van der Waals surface area contributed by atoms with E-state index in [2.05, 4.69) is 62.5 Å². The molecule has 54 heavy (non-hydrogen) atoms. The number of esters is 2. The molecule has 0 bridgehead atoms. The number of hydrogen-bond acceptors (Lipinski definition) is 7. The Morgan fingerprint density at radius 3 is 1.52 bits per heavy atom. The summed E-state index contributed by atoms with van der Waals surface area (Å²) in [7, 11) is 5.37. The first-order chi connectivity index (χ1) is 26.1. The zero-order valence-electron chi connectivity index (χ0n) is 35.1. The average Bonchev–Trinajstić information content (AvgIpc) is 3.12. The Morgan fingerprint density at radius 2 is 1.02 bits per heavy atom. The Morgan fingerprint density at radius 1 is 0.556 bits per heavy atom. The molecule has 8 heteroatoms. The molecular weight excluding hydrogens is 679 g/mol. The van der Waals surface area contributed by atoms with E-state index in [1.165, 1.54) is 70.6 Å². The highest BCUT2D eigenvalue weighted by atomic mass is 16.6. The summed E-state index contributed by atoms with van der Waals surface area (Å²) in [5.74, 6) is -1.84. The zero-order chi connectivity index (χ0) is 40.0. The van der Waals surface area contributed by atoms with Crippen molar-refractivity contribution in [2.45, 2.75) is 174 Å². The Labute approximate surface area is 330 Å². The van der Waals surface area contributed by atoms with Gasteiger partial charge in [0.25, 0.3) is 0 Å². The predicted octanol–water partition coefficient (Wildman–Crippen LogP) is 10.1. The number of ether oxygens (including phenoxy) is 3. The fourth-order valence-corrected chi connectivity index (χ4v) is 5.91. The monoisotopic (exact) mass is 758 g/mol. The zero-order valence-corrected chi connectivity index (χ0v) is 35.1. The number of allylic oxidation sites excluding steroid dienone is 10. The lowest BCUT2D eigenvalue weighted by Crippen LogP contribution is -2.55. The van der Waals surface area contributed by atoms with E-state index in [-0.39, 0.29) is 43.1 Å². The molecule has 0 heterocycles. The summed E-state index contributed by atoms with van der Waals surface area (Å²) in [6.07, 6.45) is 44.4. The van der Waals surface area contributed by atoms with E-state index in [0.717, 1.165) is 51.4 Å². The summed E-state index contributed by atoms with van der Waals surface area (Å²) in [5, 5.41) is 11.6. The smallest absolute Gasteiger partial charge is 0.306 e. The van der Waals surface area contributed by atoms with Crippen LogP contribution in [0, 0.1) is 0 Å². The molecule has 0 spiro atoms. The van der Waals surface area contributed by atoms with Crippen molar-refractivity contribution in [2.75, 3.05) is 41.0 Å². The van der Waals surface area contributed by atoms with E-state index in [0.29, 0.717) is 12.8 Å². The maximum absolute atomic E-state index is 12.5. The van der Waals surface area contributed by atoms with Gasteiger partial charge in [-0.25, -0.2) is 0 Å². The van der Waals surface area contributed by atoms with Crippen LogP contribution in [0.4, 0.5) is 0 Å². The minimum Gasteiger partial charge on any atom is -0.544 e. The number of carboxylic acids is 1. The number of likely N-dealkylation sites (N-methyl/N-ethyl adjacent to an activating group) is 1. The quantitative estimate of drug-likeness (QED) is 0.0269. The second-order valence-corrected chi connectivity index (χ2v) is 15.2. The minimum absolute atomic E-state index is 0.0157. The average molecular weight is 758 g/mol. The van der Waals surface area contributed by atoms with Crippen LogP contribution >= 0.6 is 0 Å². The Bertz CT molecular complexity index is 1070. The van der Waals surface area contributed by atoms with Gasteiger partial charge in [-0.1, -0.05) is 145 Å². The predicted molar refractivity (Wildman–Crippen MR) is 222 cm³/mol. The van der Waals surface area contributed by atoms with Gasteiger partial charge in [-0.2, -0.15) is 0 Å². The van der Waals surface area contributed by atoms with Crippen LogP contribution in [-0.4, -0.2) is 75.5 Å². The van der Waals surface area contributed by atoms with Crippen molar-refractivity contribution < 1.29 is 38.2 Å². The van der Waals surface area contributed by atoms with Gasteiger partial charge < -0.3 is 28.6 Å². The van der Waals surface area contributed by atoms with Crippen molar-refractivity contribution in [3.8, 4) is 0 Å². The van der Waals surface area contributed by atoms with Crippen LogP contribution in [0.25, 0.3) is 0 Å². The molecule has 2 unspecified atom stereocenters. The van der Waals surface area contributed by atoms with Crippen molar-refractivity contribution in [2.24, 2.45) is 0 Å². The standard InChI is InChI=1S/C46H79NO7/c1-6-8-10-12-14-15-16-17-18-19-20-21-22-23-24-25-26-27-28-29-31-32-34-36-44(48)53-41-42(40-52-39-38-43(46(50)51)47(3,4)5)54-45(49)37-35-33-30-13-11-9-7-2/h8-11,14-15,17-18,30,33,42-43H,6-7,12-13,16,19-29,31-32,34-41H2,1-5H3/b10-8+,11-9+,15-14+,18-17+,33-30+. The van der Waals surface area contributed by atoms with E-state index in [4.69, 9.17) is 14.2 Å². The molecule has 0 saturated carbocycles. The summed E-state index contributed by atoms with van der Waals surface area (Å²) in [5.41, 5.74) is 0. The second kappa shape index (κ2) is 37.0. The van der Waals surface area contributed by atoms with Crippen LogP contribution in [0.2, 0.25) is 0 Å². The van der Waals surface area contributed by atoms with E-state index in [1.807, 2.05) is 12.2 Å². The molecule has 0 aliphatic rings. The normalized spacial score (nSPS) is 13.6. The first kappa shape index (κ1) is 51.0. The lowest BCUT2D eigenvalue weighted by molar-refractivity contribution is -0.889. The molecule has 0 saturated heterocycles. The number of nitrogens with zero attached hydrogens (tertiary/aromatic N) is 1. The van der Waals surface area contributed by atoms with Gasteiger partial charge in [0.2, 0.25) is 0 Å². The number of carbonyl (C=O) groups excluding carboxylic acids is 3. The number of carbonyl (C=O) groups is 3. The maximum Gasteiger partial charge on any atom is 0.306 e. The summed E-state index contributed by atoms with van der Waals surface area (Å²) >= 11 is 0. The van der Waals surface area contributed by atoms with Crippen LogP contribution in [0.3, 0.4) is 0 Å². The fourth-order valence-electron chi connectivity index (χ4n) is 5.91. The molecule has 8 nitrogen and oxygen atoms in total. The molecule has 0 rings (SSSR count). The summed E-state index contributed by atoms with van der Waals surface area (Å²) in [6.45, 7) is 4.33. The third-order valence-electron chi connectivity index (χ3n) is 9.16. The second-order valence-electron chi connectivity index (χ2n) is 15.2. The number of unbranched alkanes of at least 4 members (excludes halogenated alkanes) is 13.